The van der Waals surface area contributed by atoms with E-state index in [-0.39, 0.29) is 11.9 Å². The lowest BCUT2D eigenvalue weighted by atomic mass is 10.1. The van der Waals surface area contributed by atoms with Gasteiger partial charge in [-0.15, -0.1) is 0 Å². The molecule has 94 valence electrons. The number of hydrogen-bond donors (Lipinski definition) is 1. The van der Waals surface area contributed by atoms with Gasteiger partial charge in [-0.3, -0.25) is 0 Å². The van der Waals surface area contributed by atoms with E-state index in [1.54, 1.807) is 12.1 Å². The van der Waals surface area contributed by atoms with Crippen LogP contribution in [0.2, 0.25) is 5.15 Å². The summed E-state index contributed by atoms with van der Waals surface area (Å²) in [6.07, 6.45) is 1.41. The topological polar surface area (TPSA) is 37.8 Å². The number of benzene rings is 1. The predicted molar refractivity (Wildman–Crippen MR) is 70.2 cm³/mol. The second kappa shape index (κ2) is 5.31. The Morgan fingerprint density at radius 3 is 2.56 bits per heavy atom. The monoisotopic (exact) mass is 265 g/mol. The number of anilines is 1. The van der Waals surface area contributed by atoms with Gasteiger partial charge in [-0.05, 0) is 31.5 Å². The second-order valence-corrected chi connectivity index (χ2v) is 4.41. The van der Waals surface area contributed by atoms with E-state index in [2.05, 4.69) is 15.3 Å². The van der Waals surface area contributed by atoms with Crippen LogP contribution in [-0.4, -0.2) is 9.97 Å². The molecule has 1 N–H and O–H groups in total. The van der Waals surface area contributed by atoms with Gasteiger partial charge in [-0.25, -0.2) is 14.4 Å². The van der Waals surface area contributed by atoms with Crippen molar-refractivity contribution in [2.75, 3.05) is 5.32 Å². The van der Waals surface area contributed by atoms with Gasteiger partial charge in [0, 0.05) is 11.6 Å². The lowest BCUT2D eigenvalue weighted by molar-refractivity contribution is 0.626. The first-order chi connectivity index (χ1) is 8.58. The minimum absolute atomic E-state index is 0.00951. The molecule has 0 saturated heterocycles. The van der Waals surface area contributed by atoms with Gasteiger partial charge < -0.3 is 5.32 Å². The Morgan fingerprint density at radius 2 is 1.89 bits per heavy atom. The Labute approximate surface area is 110 Å². The molecule has 2 rings (SSSR count). The zero-order valence-corrected chi connectivity index (χ0v) is 10.9. The summed E-state index contributed by atoms with van der Waals surface area (Å²) in [7, 11) is 0. The van der Waals surface area contributed by atoms with Crippen molar-refractivity contribution in [3.05, 3.63) is 52.7 Å². The minimum Gasteiger partial charge on any atom is -0.363 e. The van der Waals surface area contributed by atoms with Gasteiger partial charge in [-0.2, -0.15) is 0 Å². The summed E-state index contributed by atoms with van der Waals surface area (Å²) in [5.74, 6) is 0.444. The minimum atomic E-state index is -0.243. The molecule has 2 aromatic rings. The predicted octanol–water partition coefficient (Wildman–Crippen LogP) is 3.75. The summed E-state index contributed by atoms with van der Waals surface area (Å²) in [4.78, 5) is 8.04. The zero-order valence-electron chi connectivity index (χ0n) is 10.1. The molecule has 1 aromatic carbocycles. The van der Waals surface area contributed by atoms with Crippen molar-refractivity contribution in [1.82, 2.24) is 9.97 Å². The number of nitrogens with one attached hydrogen (secondary N) is 1. The smallest absolute Gasteiger partial charge is 0.137 e. The average molecular weight is 266 g/mol. The maximum absolute atomic E-state index is 12.8. The molecule has 1 heterocycles. The summed E-state index contributed by atoms with van der Waals surface area (Å²) in [5, 5.41) is 3.66. The van der Waals surface area contributed by atoms with E-state index in [1.807, 2.05) is 13.8 Å². The molecule has 0 aliphatic carbocycles. The molecule has 0 bridgehead atoms. The van der Waals surface area contributed by atoms with Gasteiger partial charge in [0.05, 0.1) is 0 Å². The van der Waals surface area contributed by atoms with Crippen LogP contribution < -0.4 is 5.32 Å². The van der Waals surface area contributed by atoms with E-state index in [9.17, 15) is 4.39 Å². The molecule has 0 radical (unpaired) electrons. The lowest BCUT2D eigenvalue weighted by Gasteiger charge is -2.16. The van der Waals surface area contributed by atoms with E-state index in [0.29, 0.717) is 11.0 Å². The molecular weight excluding hydrogens is 253 g/mol. The third-order valence-electron chi connectivity index (χ3n) is 2.75. The number of aromatic nitrogens is 2. The molecule has 0 fully saturated rings. The van der Waals surface area contributed by atoms with E-state index in [4.69, 9.17) is 11.6 Å². The Hall–Kier alpha value is -1.68. The summed E-state index contributed by atoms with van der Waals surface area (Å²) in [6, 6.07) is 6.37. The van der Waals surface area contributed by atoms with Crippen LogP contribution in [0.15, 0.2) is 30.6 Å². The summed E-state index contributed by atoms with van der Waals surface area (Å²) >= 11 is 5.92. The maximum atomic E-state index is 12.8. The van der Waals surface area contributed by atoms with Crippen LogP contribution in [0.1, 0.15) is 24.1 Å². The Balaban J connectivity index is 2.18. The third-order valence-corrected chi connectivity index (χ3v) is 3.13. The average Bonchev–Trinajstić information content (AvgIpc) is 2.36. The number of rotatable bonds is 3. The standard InChI is InChI=1S/C13H13ClFN3/c1-8-12(14)16-7-17-13(8)18-9(2)10-3-5-11(15)6-4-10/h3-7,9H,1-2H3,(H,16,17,18)/t9-/m0/s1. The maximum Gasteiger partial charge on any atom is 0.137 e. The zero-order chi connectivity index (χ0) is 13.1. The highest BCUT2D eigenvalue weighted by atomic mass is 35.5. The SMILES string of the molecule is Cc1c(Cl)ncnc1N[C@@H](C)c1ccc(F)cc1. The Kier molecular flexibility index (Phi) is 3.77. The largest absolute Gasteiger partial charge is 0.363 e. The molecule has 1 aromatic heterocycles. The number of nitrogens with zero attached hydrogens (tertiary/aromatic N) is 2. The van der Waals surface area contributed by atoms with Crippen molar-refractivity contribution < 1.29 is 4.39 Å². The van der Waals surface area contributed by atoms with Gasteiger partial charge in [0.1, 0.15) is 23.1 Å². The number of hydrogen-bond acceptors (Lipinski definition) is 3. The molecular formula is C13H13ClFN3. The fraction of sp³-hybridized carbons (Fsp3) is 0.231. The molecule has 0 amide bonds. The van der Waals surface area contributed by atoms with Crippen LogP contribution in [0.5, 0.6) is 0 Å². The first kappa shape index (κ1) is 12.8. The Morgan fingerprint density at radius 1 is 1.22 bits per heavy atom. The van der Waals surface area contributed by atoms with Gasteiger partial charge in [0.15, 0.2) is 0 Å². The normalized spacial score (nSPS) is 12.2. The van der Waals surface area contributed by atoms with Crippen molar-refractivity contribution in [3.8, 4) is 0 Å². The molecule has 3 nitrogen and oxygen atoms in total. The van der Waals surface area contributed by atoms with Crippen LogP contribution in [0, 0.1) is 12.7 Å². The quantitative estimate of drug-likeness (QED) is 0.859. The van der Waals surface area contributed by atoms with Crippen LogP contribution in [0.4, 0.5) is 10.2 Å². The molecule has 0 aliphatic rings. The summed E-state index contributed by atoms with van der Waals surface area (Å²) in [5.41, 5.74) is 1.78. The van der Waals surface area contributed by atoms with Crippen LogP contribution in [-0.2, 0) is 0 Å². The van der Waals surface area contributed by atoms with E-state index >= 15 is 0 Å². The first-order valence-electron chi connectivity index (χ1n) is 5.57. The van der Waals surface area contributed by atoms with Gasteiger partial charge in [0.2, 0.25) is 0 Å². The fourth-order valence-electron chi connectivity index (χ4n) is 1.61. The molecule has 18 heavy (non-hydrogen) atoms. The van der Waals surface area contributed by atoms with Crippen LogP contribution in [0.3, 0.4) is 0 Å². The molecule has 0 aliphatic heterocycles. The Bertz CT molecular complexity index is 542. The highest BCUT2D eigenvalue weighted by Gasteiger charge is 2.10. The van der Waals surface area contributed by atoms with Crippen molar-refractivity contribution in [2.24, 2.45) is 0 Å². The third kappa shape index (κ3) is 2.76. The summed E-state index contributed by atoms with van der Waals surface area (Å²) < 4.78 is 12.8. The van der Waals surface area contributed by atoms with Crippen LogP contribution >= 0.6 is 11.6 Å². The molecule has 1 atom stereocenters. The molecule has 0 saturated carbocycles. The number of halogens is 2. The van der Waals surface area contributed by atoms with Gasteiger partial charge in [-0.1, -0.05) is 23.7 Å². The molecule has 0 unspecified atom stereocenters. The lowest BCUT2D eigenvalue weighted by Crippen LogP contribution is -2.09. The van der Waals surface area contributed by atoms with E-state index in [0.717, 1.165) is 11.1 Å². The van der Waals surface area contributed by atoms with Crippen LogP contribution in [0.25, 0.3) is 0 Å². The van der Waals surface area contributed by atoms with E-state index in [1.165, 1.54) is 18.5 Å². The highest BCUT2D eigenvalue weighted by molar-refractivity contribution is 6.30. The fourth-order valence-corrected chi connectivity index (χ4v) is 1.75. The summed E-state index contributed by atoms with van der Waals surface area (Å²) in [6.45, 7) is 3.82. The van der Waals surface area contributed by atoms with Gasteiger partial charge >= 0.3 is 0 Å². The van der Waals surface area contributed by atoms with Crippen molar-refractivity contribution >= 4 is 17.4 Å². The van der Waals surface area contributed by atoms with Crippen molar-refractivity contribution in [2.45, 2.75) is 19.9 Å². The first-order valence-corrected chi connectivity index (χ1v) is 5.95. The van der Waals surface area contributed by atoms with E-state index < -0.39 is 0 Å². The molecule has 5 heteroatoms. The van der Waals surface area contributed by atoms with Gasteiger partial charge in [0.25, 0.3) is 0 Å². The van der Waals surface area contributed by atoms with Crippen molar-refractivity contribution in [3.63, 3.8) is 0 Å². The molecule has 0 spiro atoms. The second-order valence-electron chi connectivity index (χ2n) is 4.06. The highest BCUT2D eigenvalue weighted by Crippen LogP contribution is 2.23. The van der Waals surface area contributed by atoms with Crippen molar-refractivity contribution in [1.29, 1.82) is 0 Å².